The molecule has 1 aliphatic heterocycles. The smallest absolute Gasteiger partial charge is 0.245 e. The van der Waals surface area contributed by atoms with E-state index in [1.165, 1.54) is 0 Å². The third kappa shape index (κ3) is 3.55. The van der Waals surface area contributed by atoms with Crippen molar-refractivity contribution in [3.8, 4) is 0 Å². The van der Waals surface area contributed by atoms with Crippen molar-refractivity contribution in [2.75, 3.05) is 24.6 Å². The van der Waals surface area contributed by atoms with Crippen LogP contribution >= 0.6 is 11.8 Å². The van der Waals surface area contributed by atoms with E-state index in [9.17, 15) is 8.42 Å². The summed E-state index contributed by atoms with van der Waals surface area (Å²) in [6.45, 7) is 9.27. The maximum Gasteiger partial charge on any atom is 0.245 e. The largest absolute Gasteiger partial charge is 0.398 e. The molecule has 1 saturated heterocycles. The van der Waals surface area contributed by atoms with E-state index in [4.69, 9.17) is 5.73 Å². The van der Waals surface area contributed by atoms with E-state index < -0.39 is 10.0 Å². The monoisotopic (exact) mass is 328 g/mol. The van der Waals surface area contributed by atoms with Gasteiger partial charge in [0.05, 0.1) is 5.69 Å². The highest BCUT2D eigenvalue weighted by molar-refractivity contribution is 8.00. The van der Waals surface area contributed by atoms with Crippen molar-refractivity contribution in [1.82, 2.24) is 4.31 Å². The van der Waals surface area contributed by atoms with Gasteiger partial charge in [0, 0.05) is 23.6 Å². The van der Waals surface area contributed by atoms with Gasteiger partial charge in [0.15, 0.2) is 0 Å². The van der Waals surface area contributed by atoms with Gasteiger partial charge < -0.3 is 5.73 Å². The number of rotatable bonds is 2. The molecule has 21 heavy (non-hydrogen) atoms. The van der Waals surface area contributed by atoms with Crippen LogP contribution in [0.2, 0.25) is 0 Å². The van der Waals surface area contributed by atoms with Gasteiger partial charge in [-0.05, 0) is 43.5 Å². The average Bonchev–Trinajstić information content (AvgIpc) is 2.55. The van der Waals surface area contributed by atoms with E-state index in [1.54, 1.807) is 16.4 Å². The lowest BCUT2D eigenvalue weighted by molar-refractivity contribution is 0.415. The van der Waals surface area contributed by atoms with Gasteiger partial charge in [0.1, 0.15) is 4.90 Å². The summed E-state index contributed by atoms with van der Waals surface area (Å²) in [5.41, 5.74) is 8.27. The summed E-state index contributed by atoms with van der Waals surface area (Å²) in [5.74, 6) is 0.816. The molecule has 1 aliphatic rings. The van der Waals surface area contributed by atoms with E-state index in [1.807, 2.05) is 25.6 Å². The Labute approximate surface area is 132 Å². The SMILES string of the molecule is Cc1cc(N)c(S(=O)(=O)N2CCSC(C)(C)CC2)cc1C. The fourth-order valence-electron chi connectivity index (χ4n) is 2.42. The minimum Gasteiger partial charge on any atom is -0.398 e. The second-order valence-electron chi connectivity index (χ2n) is 6.24. The normalized spacial score (nSPS) is 20.2. The molecule has 0 unspecified atom stereocenters. The molecule has 2 N–H and O–H groups in total. The molecule has 1 aromatic rings. The zero-order chi connectivity index (χ0) is 15.8. The second kappa shape index (κ2) is 5.82. The standard InChI is InChI=1S/C15H24N2O2S2/c1-11-9-13(16)14(10-12(11)2)21(18,19)17-6-5-15(3,4)20-8-7-17/h9-10H,5-8,16H2,1-4H3. The van der Waals surface area contributed by atoms with Crippen molar-refractivity contribution in [3.05, 3.63) is 23.3 Å². The van der Waals surface area contributed by atoms with Crippen LogP contribution in [-0.2, 0) is 10.0 Å². The van der Waals surface area contributed by atoms with E-state index >= 15 is 0 Å². The Hall–Kier alpha value is -0.720. The Balaban J connectivity index is 2.36. The lowest BCUT2D eigenvalue weighted by atomic mass is 10.1. The van der Waals surface area contributed by atoms with Crippen molar-refractivity contribution >= 4 is 27.5 Å². The Kier molecular flexibility index (Phi) is 4.61. The maximum atomic E-state index is 12.9. The number of nitrogens with two attached hydrogens (primary N) is 1. The number of nitrogens with zero attached hydrogens (tertiary/aromatic N) is 1. The zero-order valence-electron chi connectivity index (χ0n) is 13.1. The van der Waals surface area contributed by atoms with Crippen molar-refractivity contribution in [2.24, 2.45) is 0 Å². The van der Waals surface area contributed by atoms with Gasteiger partial charge in [-0.3, -0.25) is 0 Å². The molecule has 6 heteroatoms. The first-order chi connectivity index (χ1) is 9.63. The molecule has 2 rings (SSSR count). The van der Waals surface area contributed by atoms with Gasteiger partial charge in [-0.25, -0.2) is 8.42 Å². The highest BCUT2D eigenvalue weighted by Crippen LogP contribution is 2.33. The van der Waals surface area contributed by atoms with Crippen molar-refractivity contribution in [3.63, 3.8) is 0 Å². The molecule has 0 atom stereocenters. The van der Waals surface area contributed by atoms with Crippen LogP contribution in [0.1, 0.15) is 31.4 Å². The Morgan fingerprint density at radius 2 is 1.81 bits per heavy atom. The van der Waals surface area contributed by atoms with E-state index in [0.717, 1.165) is 23.3 Å². The maximum absolute atomic E-state index is 12.9. The van der Waals surface area contributed by atoms with Crippen molar-refractivity contribution in [2.45, 2.75) is 43.8 Å². The quantitative estimate of drug-likeness (QED) is 0.848. The molecular formula is C15H24N2O2S2. The number of hydrogen-bond acceptors (Lipinski definition) is 4. The molecule has 0 saturated carbocycles. The molecule has 0 aromatic heterocycles. The molecule has 118 valence electrons. The number of aryl methyl sites for hydroxylation is 2. The summed E-state index contributed by atoms with van der Waals surface area (Å²) in [7, 11) is -3.51. The number of anilines is 1. The zero-order valence-corrected chi connectivity index (χ0v) is 14.8. The molecule has 0 spiro atoms. The van der Waals surface area contributed by atoms with Crippen LogP contribution in [0.5, 0.6) is 0 Å². The van der Waals surface area contributed by atoms with Crippen LogP contribution in [0.15, 0.2) is 17.0 Å². The van der Waals surface area contributed by atoms with Crippen LogP contribution < -0.4 is 5.73 Å². The van der Waals surface area contributed by atoms with Crippen LogP contribution in [0, 0.1) is 13.8 Å². The van der Waals surface area contributed by atoms with Crippen molar-refractivity contribution in [1.29, 1.82) is 0 Å². The number of hydrogen-bond donors (Lipinski definition) is 1. The molecule has 0 bridgehead atoms. The van der Waals surface area contributed by atoms with Gasteiger partial charge in [-0.2, -0.15) is 16.1 Å². The van der Waals surface area contributed by atoms with E-state index in [-0.39, 0.29) is 9.64 Å². The fourth-order valence-corrected chi connectivity index (χ4v) is 5.26. The molecule has 1 fully saturated rings. The number of thioether (sulfide) groups is 1. The van der Waals surface area contributed by atoms with Gasteiger partial charge in [-0.15, -0.1) is 0 Å². The van der Waals surface area contributed by atoms with Crippen LogP contribution in [0.25, 0.3) is 0 Å². The minimum absolute atomic E-state index is 0.124. The third-order valence-electron chi connectivity index (χ3n) is 4.04. The van der Waals surface area contributed by atoms with Crippen molar-refractivity contribution < 1.29 is 8.42 Å². The first-order valence-corrected chi connectivity index (χ1v) is 9.57. The Morgan fingerprint density at radius 3 is 2.48 bits per heavy atom. The highest BCUT2D eigenvalue weighted by Gasteiger charge is 2.32. The molecule has 1 heterocycles. The number of nitrogen functional groups attached to an aromatic ring is 1. The Bertz CT molecular complexity index is 639. The topological polar surface area (TPSA) is 63.4 Å². The average molecular weight is 329 g/mol. The van der Waals surface area contributed by atoms with Gasteiger partial charge >= 0.3 is 0 Å². The molecule has 0 radical (unpaired) electrons. The fraction of sp³-hybridized carbons (Fsp3) is 0.600. The minimum atomic E-state index is -3.51. The number of benzene rings is 1. The van der Waals surface area contributed by atoms with E-state index in [2.05, 4.69) is 13.8 Å². The molecular weight excluding hydrogens is 304 g/mol. The first kappa shape index (κ1) is 16.6. The highest BCUT2D eigenvalue weighted by atomic mass is 32.2. The van der Waals surface area contributed by atoms with Crippen LogP contribution in [0.3, 0.4) is 0 Å². The predicted octanol–water partition coefficient (Wildman–Crippen LogP) is 2.79. The van der Waals surface area contributed by atoms with E-state index in [0.29, 0.717) is 18.8 Å². The van der Waals surface area contributed by atoms with Gasteiger partial charge in [0.25, 0.3) is 0 Å². The molecule has 0 aliphatic carbocycles. The predicted molar refractivity (Wildman–Crippen MR) is 90.2 cm³/mol. The first-order valence-electron chi connectivity index (χ1n) is 7.14. The van der Waals surface area contributed by atoms with Gasteiger partial charge in [-0.1, -0.05) is 13.8 Å². The lowest BCUT2D eigenvalue weighted by Gasteiger charge is -2.23. The summed E-state index contributed by atoms with van der Waals surface area (Å²) in [6.07, 6.45) is 0.849. The summed E-state index contributed by atoms with van der Waals surface area (Å²) in [6, 6.07) is 3.45. The molecule has 1 aromatic carbocycles. The number of sulfonamides is 1. The summed E-state index contributed by atoms with van der Waals surface area (Å²) >= 11 is 1.83. The van der Waals surface area contributed by atoms with Gasteiger partial charge in [0.2, 0.25) is 10.0 Å². The second-order valence-corrected chi connectivity index (χ2v) is 9.94. The summed E-state index contributed by atoms with van der Waals surface area (Å²) in [5, 5.41) is 0. The molecule has 4 nitrogen and oxygen atoms in total. The summed E-state index contributed by atoms with van der Waals surface area (Å²) in [4.78, 5) is 0.246. The van der Waals surface area contributed by atoms with Crippen LogP contribution in [-0.4, -0.2) is 36.3 Å². The molecule has 0 amide bonds. The third-order valence-corrected chi connectivity index (χ3v) is 7.37. The lowest BCUT2D eigenvalue weighted by Crippen LogP contribution is -2.34. The van der Waals surface area contributed by atoms with Crippen LogP contribution in [0.4, 0.5) is 5.69 Å². The Morgan fingerprint density at radius 1 is 1.19 bits per heavy atom. The summed E-state index contributed by atoms with van der Waals surface area (Å²) < 4.78 is 27.4.